The van der Waals surface area contributed by atoms with Crippen molar-refractivity contribution in [3.8, 4) is 0 Å². The van der Waals surface area contributed by atoms with Crippen molar-refractivity contribution in [3.05, 3.63) is 11.6 Å². The van der Waals surface area contributed by atoms with E-state index in [1.165, 1.54) is 0 Å². The minimum Gasteiger partial charge on any atom is -0.356 e. The lowest BCUT2D eigenvalue weighted by Gasteiger charge is -2.32. The number of aromatic nitrogens is 1. The molecule has 1 aromatic rings. The number of nitrogens with zero attached hydrogens (tertiary/aromatic N) is 3. The number of hydrogen-bond donors (Lipinski definition) is 2. The number of guanidine groups is 1. The molecule has 1 aromatic heterocycles. The second-order valence-corrected chi connectivity index (χ2v) is 9.93. The summed E-state index contributed by atoms with van der Waals surface area (Å²) in [6.07, 6.45) is 3.24. The van der Waals surface area contributed by atoms with Crippen molar-refractivity contribution >= 4 is 63.1 Å². The number of rotatable bonds is 7. The molecular formula is C14H23F3IN5O2S3. The maximum absolute atomic E-state index is 12.6. The molecule has 162 valence electrons. The van der Waals surface area contributed by atoms with Crippen molar-refractivity contribution in [1.29, 1.82) is 0 Å². The van der Waals surface area contributed by atoms with Crippen LogP contribution in [0.5, 0.6) is 0 Å². The second-order valence-electron chi connectivity index (χ2n) is 5.77. The van der Waals surface area contributed by atoms with Gasteiger partial charge >= 0.3 is 15.5 Å². The summed E-state index contributed by atoms with van der Waals surface area (Å²) in [6.45, 7) is 0.362. The van der Waals surface area contributed by atoms with Crippen LogP contribution in [0.1, 0.15) is 19.3 Å². The van der Waals surface area contributed by atoms with Gasteiger partial charge in [-0.25, -0.2) is 13.4 Å². The lowest BCUT2D eigenvalue weighted by molar-refractivity contribution is -0.0494. The van der Waals surface area contributed by atoms with Crippen molar-refractivity contribution in [3.63, 3.8) is 0 Å². The summed E-state index contributed by atoms with van der Waals surface area (Å²) in [4.78, 5) is 8.29. The Hall–Kier alpha value is -0.320. The average molecular weight is 573 g/mol. The Kier molecular flexibility index (Phi) is 10.8. The molecule has 1 aliphatic rings. The number of thioether (sulfide) groups is 1. The lowest BCUT2D eigenvalue weighted by Crippen LogP contribution is -2.51. The molecule has 1 saturated heterocycles. The Morgan fingerprint density at radius 2 is 2.11 bits per heavy atom. The van der Waals surface area contributed by atoms with Crippen molar-refractivity contribution in [2.45, 2.75) is 35.2 Å². The number of thiazole rings is 1. The van der Waals surface area contributed by atoms with E-state index in [-0.39, 0.29) is 55.9 Å². The molecule has 0 bridgehead atoms. The number of nitrogens with one attached hydrogen (secondary N) is 2. The third-order valence-corrected chi connectivity index (χ3v) is 7.58. The molecule has 0 saturated carbocycles. The molecule has 1 aliphatic heterocycles. The van der Waals surface area contributed by atoms with E-state index in [2.05, 4.69) is 20.6 Å². The van der Waals surface area contributed by atoms with Crippen LogP contribution in [-0.4, -0.2) is 67.7 Å². The van der Waals surface area contributed by atoms with Crippen LogP contribution in [0.4, 0.5) is 13.2 Å². The molecule has 0 radical (unpaired) electrons. The summed E-state index contributed by atoms with van der Waals surface area (Å²) < 4.78 is 62.1. The molecule has 7 nitrogen and oxygen atoms in total. The minimum absolute atomic E-state index is 0. The third kappa shape index (κ3) is 7.50. The Morgan fingerprint density at radius 1 is 1.43 bits per heavy atom. The fourth-order valence-electron chi connectivity index (χ4n) is 2.49. The summed E-state index contributed by atoms with van der Waals surface area (Å²) in [7, 11) is -3.63. The first kappa shape index (κ1) is 25.7. The molecule has 0 unspecified atom stereocenters. The van der Waals surface area contributed by atoms with E-state index < -0.39 is 15.5 Å². The van der Waals surface area contributed by atoms with Gasteiger partial charge in [0.25, 0.3) is 0 Å². The largest absolute Gasteiger partial charge is 0.511 e. The van der Waals surface area contributed by atoms with E-state index in [1.54, 1.807) is 36.3 Å². The van der Waals surface area contributed by atoms with E-state index >= 15 is 0 Å². The summed E-state index contributed by atoms with van der Waals surface area (Å²) in [5, 5.41) is 8.23. The smallest absolute Gasteiger partial charge is 0.356 e. The fourth-order valence-corrected chi connectivity index (χ4v) is 5.13. The van der Waals surface area contributed by atoms with Crippen molar-refractivity contribution in [2.75, 3.05) is 32.4 Å². The maximum atomic E-state index is 12.6. The molecule has 28 heavy (non-hydrogen) atoms. The molecule has 2 N–H and O–H groups in total. The van der Waals surface area contributed by atoms with E-state index in [0.29, 0.717) is 16.8 Å². The van der Waals surface area contributed by atoms with E-state index in [4.69, 9.17) is 0 Å². The highest BCUT2D eigenvalue weighted by Gasteiger charge is 2.50. The Balaban J connectivity index is 0.00000392. The number of alkyl halides is 3. The summed E-state index contributed by atoms with van der Waals surface area (Å²) >= 11 is 3.28. The van der Waals surface area contributed by atoms with Gasteiger partial charge in [0.1, 0.15) is 4.34 Å². The Bertz CT molecular complexity index is 708. The van der Waals surface area contributed by atoms with Gasteiger partial charge in [-0.2, -0.15) is 17.5 Å². The van der Waals surface area contributed by atoms with Crippen LogP contribution in [0.2, 0.25) is 0 Å². The van der Waals surface area contributed by atoms with E-state index in [0.717, 1.165) is 16.5 Å². The molecule has 0 amide bonds. The number of aliphatic imine (C=N–C) groups is 1. The summed E-state index contributed by atoms with van der Waals surface area (Å²) in [5.74, 6) is 1.47. The van der Waals surface area contributed by atoms with Crippen LogP contribution < -0.4 is 10.6 Å². The van der Waals surface area contributed by atoms with Crippen LogP contribution >= 0.6 is 47.1 Å². The highest BCUT2D eigenvalue weighted by Crippen LogP contribution is 2.28. The summed E-state index contributed by atoms with van der Waals surface area (Å²) in [5.41, 5.74) is -5.25. The standard InChI is InChI=1S/C14H22F3N5O2S3.HI/c1-18-12(19-5-2-9-25-13-20-6-10-26-13)21-11-3-7-22(8-4-11)27(23,24)14(15,16)17;/h6,10-11H,2-5,7-9H2,1H3,(H2,18,19,21);1H. The molecule has 0 atom stereocenters. The highest BCUT2D eigenvalue weighted by molar-refractivity contribution is 14.0. The van der Waals surface area contributed by atoms with E-state index in [9.17, 15) is 21.6 Å². The van der Waals surface area contributed by atoms with Crippen molar-refractivity contribution < 1.29 is 21.6 Å². The zero-order valence-electron chi connectivity index (χ0n) is 15.1. The Morgan fingerprint density at radius 3 is 2.64 bits per heavy atom. The number of sulfonamides is 1. The predicted molar refractivity (Wildman–Crippen MR) is 117 cm³/mol. The Labute approximate surface area is 188 Å². The number of hydrogen-bond acceptors (Lipinski definition) is 6. The molecule has 0 aliphatic carbocycles. The fraction of sp³-hybridized carbons (Fsp3) is 0.714. The quantitative estimate of drug-likeness (QED) is 0.172. The van der Waals surface area contributed by atoms with Gasteiger partial charge in [-0.1, -0.05) is 11.8 Å². The molecular weight excluding hydrogens is 550 g/mol. The van der Waals surface area contributed by atoms with Gasteiger partial charge in [0, 0.05) is 50.1 Å². The zero-order valence-corrected chi connectivity index (χ0v) is 19.9. The maximum Gasteiger partial charge on any atom is 0.511 e. The van der Waals surface area contributed by atoms with Crippen molar-refractivity contribution in [2.24, 2.45) is 4.99 Å². The monoisotopic (exact) mass is 573 g/mol. The van der Waals surface area contributed by atoms with Crippen molar-refractivity contribution in [1.82, 2.24) is 19.9 Å². The number of piperidine rings is 1. The van der Waals surface area contributed by atoms with Gasteiger partial charge in [0.15, 0.2) is 5.96 Å². The first-order chi connectivity index (χ1) is 12.7. The van der Waals surface area contributed by atoms with Crippen LogP contribution in [0, 0.1) is 0 Å². The average Bonchev–Trinajstić information content (AvgIpc) is 3.13. The second kappa shape index (κ2) is 11.8. The SMILES string of the molecule is CN=C(NCCCSc1nccs1)NC1CCN(S(=O)(=O)C(F)(F)F)CC1.I. The van der Waals surface area contributed by atoms with Crippen LogP contribution in [-0.2, 0) is 10.0 Å². The van der Waals surface area contributed by atoms with Gasteiger partial charge in [0.2, 0.25) is 0 Å². The topological polar surface area (TPSA) is 86.7 Å². The normalized spacial score (nSPS) is 17.2. The van der Waals surface area contributed by atoms with Crippen LogP contribution in [0.15, 0.2) is 20.9 Å². The highest BCUT2D eigenvalue weighted by atomic mass is 127. The van der Waals surface area contributed by atoms with Gasteiger partial charge < -0.3 is 10.6 Å². The van der Waals surface area contributed by atoms with Crippen LogP contribution in [0.3, 0.4) is 0 Å². The van der Waals surface area contributed by atoms with Gasteiger partial charge in [-0.3, -0.25) is 4.99 Å². The predicted octanol–water partition coefficient (Wildman–Crippen LogP) is 2.72. The van der Waals surface area contributed by atoms with Gasteiger partial charge in [0.05, 0.1) is 0 Å². The molecule has 0 aromatic carbocycles. The van der Waals surface area contributed by atoms with E-state index in [1.807, 2.05) is 5.38 Å². The molecule has 2 rings (SSSR count). The van der Waals surface area contributed by atoms with Crippen LogP contribution in [0.25, 0.3) is 0 Å². The summed E-state index contributed by atoms with van der Waals surface area (Å²) in [6, 6.07) is -0.124. The van der Waals surface area contributed by atoms with Gasteiger partial charge in [-0.15, -0.1) is 35.3 Å². The lowest BCUT2D eigenvalue weighted by atomic mass is 10.1. The third-order valence-electron chi connectivity index (χ3n) is 3.90. The molecule has 14 heteroatoms. The zero-order chi connectivity index (χ0) is 19.9. The number of halogens is 4. The molecule has 1 fully saturated rings. The molecule has 0 spiro atoms. The first-order valence-corrected chi connectivity index (χ1v) is 11.6. The molecule has 2 heterocycles. The van der Waals surface area contributed by atoms with Gasteiger partial charge in [-0.05, 0) is 19.3 Å². The first-order valence-electron chi connectivity index (χ1n) is 8.30. The minimum atomic E-state index is -5.25.